The lowest BCUT2D eigenvalue weighted by Gasteiger charge is -2.05. The van der Waals surface area contributed by atoms with Crippen LogP contribution in [0.15, 0.2) is 42.5 Å². The quantitative estimate of drug-likeness (QED) is 0.571. The van der Waals surface area contributed by atoms with Gasteiger partial charge in [-0.1, -0.05) is 29.8 Å². The molecule has 0 aliphatic heterocycles. The van der Waals surface area contributed by atoms with Crippen molar-refractivity contribution >= 4 is 34.1 Å². The topological polar surface area (TPSA) is 102 Å². The Morgan fingerprint density at radius 1 is 1.23 bits per heavy atom. The summed E-state index contributed by atoms with van der Waals surface area (Å²) in [6, 6.07) is 11.2. The predicted octanol–water partition coefficient (Wildman–Crippen LogP) is 3.50. The molecule has 1 aromatic heterocycles. The van der Waals surface area contributed by atoms with Crippen LogP contribution >= 0.6 is 11.6 Å². The fourth-order valence-electron chi connectivity index (χ4n) is 2.42. The number of aromatic amines is 1. The van der Waals surface area contributed by atoms with Gasteiger partial charge < -0.3 is 10.7 Å². The Bertz CT molecular complexity index is 918. The lowest BCUT2D eigenvalue weighted by Crippen LogP contribution is -2.12. The highest BCUT2D eigenvalue weighted by Crippen LogP contribution is 2.37. The van der Waals surface area contributed by atoms with E-state index in [-0.39, 0.29) is 11.4 Å². The number of nitro groups is 1. The fourth-order valence-corrected chi connectivity index (χ4v) is 2.65. The number of non-ortho nitro benzene ring substituents is 1. The van der Waals surface area contributed by atoms with Gasteiger partial charge in [-0.05, 0) is 12.1 Å². The first kappa shape index (κ1) is 14.1. The van der Waals surface area contributed by atoms with Crippen molar-refractivity contribution in [1.82, 2.24) is 4.98 Å². The number of amides is 1. The molecule has 2 aromatic carbocycles. The molecule has 3 aromatic rings. The van der Waals surface area contributed by atoms with E-state index in [0.29, 0.717) is 27.1 Å². The van der Waals surface area contributed by atoms with Crippen molar-refractivity contribution in [1.29, 1.82) is 0 Å². The Kier molecular flexibility index (Phi) is 3.30. The van der Waals surface area contributed by atoms with Gasteiger partial charge in [0.1, 0.15) is 5.69 Å². The average Bonchev–Trinajstić information content (AvgIpc) is 2.86. The van der Waals surface area contributed by atoms with Gasteiger partial charge in [-0.3, -0.25) is 14.9 Å². The Balaban J connectivity index is 2.41. The van der Waals surface area contributed by atoms with Gasteiger partial charge in [-0.2, -0.15) is 0 Å². The van der Waals surface area contributed by atoms with Gasteiger partial charge in [0.2, 0.25) is 0 Å². The van der Waals surface area contributed by atoms with E-state index in [0.717, 1.165) is 0 Å². The molecule has 0 aliphatic rings. The molecule has 110 valence electrons. The second kappa shape index (κ2) is 5.16. The molecule has 1 amide bonds. The molecule has 0 aliphatic carbocycles. The van der Waals surface area contributed by atoms with Gasteiger partial charge in [0.25, 0.3) is 11.6 Å². The largest absolute Gasteiger partial charge is 0.364 e. The van der Waals surface area contributed by atoms with Crippen molar-refractivity contribution in [2.24, 2.45) is 5.73 Å². The zero-order valence-electron chi connectivity index (χ0n) is 11.2. The van der Waals surface area contributed by atoms with E-state index < -0.39 is 10.8 Å². The number of hydrogen-bond donors (Lipinski definition) is 2. The summed E-state index contributed by atoms with van der Waals surface area (Å²) in [4.78, 5) is 25.1. The average molecular weight is 316 g/mol. The van der Waals surface area contributed by atoms with Gasteiger partial charge >= 0.3 is 0 Å². The first-order valence-electron chi connectivity index (χ1n) is 6.34. The molecule has 0 fully saturated rings. The number of carbonyl (C=O) groups is 1. The number of nitrogens with zero attached hydrogens (tertiary/aromatic N) is 1. The van der Waals surface area contributed by atoms with Crippen molar-refractivity contribution in [3.05, 3.63) is 63.3 Å². The van der Waals surface area contributed by atoms with Crippen LogP contribution in [0.2, 0.25) is 5.02 Å². The van der Waals surface area contributed by atoms with Crippen LogP contribution < -0.4 is 5.73 Å². The number of halogens is 1. The normalized spacial score (nSPS) is 10.8. The van der Waals surface area contributed by atoms with Crippen molar-refractivity contribution < 1.29 is 9.72 Å². The smallest absolute Gasteiger partial charge is 0.270 e. The fraction of sp³-hybridized carbons (Fsp3) is 0. The number of aromatic nitrogens is 1. The maximum absolute atomic E-state index is 11.7. The molecule has 3 N–H and O–H groups in total. The number of carbonyl (C=O) groups excluding carboxylic acids is 1. The zero-order valence-corrected chi connectivity index (χ0v) is 11.9. The molecule has 7 heteroatoms. The third-order valence-corrected chi connectivity index (χ3v) is 3.71. The number of benzene rings is 2. The molecule has 22 heavy (non-hydrogen) atoms. The number of nitro benzene ring substituents is 1. The van der Waals surface area contributed by atoms with E-state index in [4.69, 9.17) is 17.3 Å². The van der Waals surface area contributed by atoms with Crippen molar-refractivity contribution in [2.45, 2.75) is 0 Å². The minimum atomic E-state index is -0.659. The van der Waals surface area contributed by atoms with Gasteiger partial charge in [0, 0.05) is 39.2 Å². The molecular formula is C15H10ClN3O3. The summed E-state index contributed by atoms with van der Waals surface area (Å²) in [5, 5.41) is 11.9. The van der Waals surface area contributed by atoms with Gasteiger partial charge in [-0.25, -0.2) is 0 Å². The van der Waals surface area contributed by atoms with Crippen LogP contribution in [0, 0.1) is 10.1 Å². The SMILES string of the molecule is NC(=O)c1[nH]c2ccc([N+](=O)[O-])cc2c1-c1ccccc1Cl. The number of hydrogen-bond acceptors (Lipinski definition) is 3. The minimum Gasteiger partial charge on any atom is -0.364 e. The lowest BCUT2D eigenvalue weighted by molar-refractivity contribution is -0.384. The van der Waals surface area contributed by atoms with Gasteiger partial charge in [0.05, 0.1) is 4.92 Å². The van der Waals surface area contributed by atoms with Gasteiger partial charge in [0.15, 0.2) is 0 Å². The van der Waals surface area contributed by atoms with E-state index >= 15 is 0 Å². The molecule has 1 heterocycles. The van der Waals surface area contributed by atoms with Crippen LogP contribution in [0.1, 0.15) is 10.5 Å². The first-order valence-corrected chi connectivity index (χ1v) is 6.71. The lowest BCUT2D eigenvalue weighted by atomic mass is 10.0. The molecule has 0 spiro atoms. The summed E-state index contributed by atoms with van der Waals surface area (Å²) in [6.45, 7) is 0. The Hall–Kier alpha value is -2.86. The van der Waals surface area contributed by atoms with Crippen LogP contribution in [-0.2, 0) is 0 Å². The molecule has 0 atom stereocenters. The number of primary amides is 1. The Labute approximate surface area is 129 Å². The maximum atomic E-state index is 11.7. The zero-order chi connectivity index (χ0) is 15.9. The second-order valence-electron chi connectivity index (χ2n) is 4.71. The molecule has 0 unspecified atom stereocenters. The van der Waals surface area contributed by atoms with Crippen molar-refractivity contribution in [2.75, 3.05) is 0 Å². The number of nitrogens with two attached hydrogens (primary N) is 1. The summed E-state index contributed by atoms with van der Waals surface area (Å²) in [7, 11) is 0. The van der Waals surface area contributed by atoms with Gasteiger partial charge in [-0.15, -0.1) is 0 Å². The monoisotopic (exact) mass is 315 g/mol. The predicted molar refractivity (Wildman–Crippen MR) is 83.9 cm³/mol. The Morgan fingerprint density at radius 3 is 2.59 bits per heavy atom. The molecule has 3 rings (SSSR count). The van der Waals surface area contributed by atoms with Crippen LogP contribution in [0.4, 0.5) is 5.69 Å². The highest BCUT2D eigenvalue weighted by molar-refractivity contribution is 6.34. The summed E-state index contributed by atoms with van der Waals surface area (Å²) >= 11 is 6.20. The minimum absolute atomic E-state index is 0.0733. The summed E-state index contributed by atoms with van der Waals surface area (Å²) in [6.07, 6.45) is 0. The molecule has 6 nitrogen and oxygen atoms in total. The van der Waals surface area contributed by atoms with E-state index in [1.54, 1.807) is 30.3 Å². The maximum Gasteiger partial charge on any atom is 0.270 e. The highest BCUT2D eigenvalue weighted by Gasteiger charge is 2.20. The molecular weight excluding hydrogens is 306 g/mol. The summed E-state index contributed by atoms with van der Waals surface area (Å²) in [5.41, 5.74) is 7.15. The van der Waals surface area contributed by atoms with E-state index in [1.807, 2.05) is 0 Å². The van der Waals surface area contributed by atoms with Crippen molar-refractivity contribution in [3.63, 3.8) is 0 Å². The van der Waals surface area contributed by atoms with Crippen molar-refractivity contribution in [3.8, 4) is 11.1 Å². The number of nitrogens with one attached hydrogen (secondary N) is 1. The number of H-pyrrole nitrogens is 1. The Morgan fingerprint density at radius 2 is 1.95 bits per heavy atom. The summed E-state index contributed by atoms with van der Waals surface area (Å²) in [5.74, 6) is -0.659. The summed E-state index contributed by atoms with van der Waals surface area (Å²) < 4.78 is 0. The standard InChI is InChI=1S/C15H10ClN3O3/c16-11-4-2-1-3-9(11)13-10-7-8(19(21)22)5-6-12(10)18-14(13)15(17)20/h1-7,18H,(H2,17,20). The van der Waals surface area contributed by atoms with Crippen LogP contribution in [-0.4, -0.2) is 15.8 Å². The van der Waals surface area contributed by atoms with E-state index in [1.165, 1.54) is 12.1 Å². The van der Waals surface area contributed by atoms with Crippen LogP contribution in [0.3, 0.4) is 0 Å². The third kappa shape index (κ3) is 2.19. The van der Waals surface area contributed by atoms with Crippen LogP contribution in [0.25, 0.3) is 22.0 Å². The second-order valence-corrected chi connectivity index (χ2v) is 5.11. The van der Waals surface area contributed by atoms with E-state index in [9.17, 15) is 14.9 Å². The number of fused-ring (bicyclic) bond motifs is 1. The molecule has 0 bridgehead atoms. The molecule has 0 saturated heterocycles. The third-order valence-electron chi connectivity index (χ3n) is 3.38. The number of rotatable bonds is 3. The van der Waals surface area contributed by atoms with Crippen LogP contribution in [0.5, 0.6) is 0 Å². The van der Waals surface area contributed by atoms with E-state index in [2.05, 4.69) is 4.98 Å². The molecule has 0 radical (unpaired) electrons. The molecule has 0 saturated carbocycles. The highest BCUT2D eigenvalue weighted by atomic mass is 35.5. The first-order chi connectivity index (χ1) is 10.5.